The van der Waals surface area contributed by atoms with Gasteiger partial charge in [0.15, 0.2) is 5.96 Å². The van der Waals surface area contributed by atoms with Crippen molar-refractivity contribution in [1.29, 1.82) is 0 Å². The second kappa shape index (κ2) is 12.0. The summed E-state index contributed by atoms with van der Waals surface area (Å²) in [5, 5.41) is 10.9. The maximum Gasteiger partial charge on any atom is 0.191 e. The molecule has 0 bridgehead atoms. The maximum absolute atomic E-state index is 5.95. The quantitative estimate of drug-likeness (QED) is 0.352. The molecule has 2 N–H and O–H groups in total. The van der Waals surface area contributed by atoms with Crippen LogP contribution in [-0.2, 0) is 24.8 Å². The van der Waals surface area contributed by atoms with E-state index in [1.165, 1.54) is 11.1 Å². The number of nitrogens with zero attached hydrogens (tertiary/aromatic N) is 3. The van der Waals surface area contributed by atoms with E-state index in [1.54, 1.807) is 14.2 Å². The first-order valence-electron chi connectivity index (χ1n) is 9.75. The van der Waals surface area contributed by atoms with Crippen LogP contribution in [0.25, 0.3) is 0 Å². The fraction of sp³-hybridized carbons (Fsp3) is 0.524. The van der Waals surface area contributed by atoms with Gasteiger partial charge in [0.1, 0.15) is 5.75 Å². The molecule has 7 nitrogen and oxygen atoms in total. The number of guanidine groups is 1. The number of benzene rings is 1. The molecule has 0 radical (unpaired) electrons. The molecule has 0 saturated carbocycles. The monoisotopic (exact) mass is 387 g/mol. The second-order valence-electron chi connectivity index (χ2n) is 6.78. The largest absolute Gasteiger partial charge is 0.493 e. The predicted molar refractivity (Wildman–Crippen MR) is 113 cm³/mol. The van der Waals surface area contributed by atoms with Gasteiger partial charge in [-0.3, -0.25) is 9.67 Å². The van der Waals surface area contributed by atoms with Gasteiger partial charge >= 0.3 is 0 Å². The summed E-state index contributed by atoms with van der Waals surface area (Å²) in [6.45, 7) is 4.92. The van der Waals surface area contributed by atoms with E-state index in [9.17, 15) is 0 Å². The van der Waals surface area contributed by atoms with Crippen LogP contribution in [0.4, 0.5) is 0 Å². The lowest BCUT2D eigenvalue weighted by Crippen LogP contribution is -2.37. The zero-order chi connectivity index (χ0) is 20.2. The van der Waals surface area contributed by atoms with Crippen LogP contribution >= 0.6 is 0 Å². The smallest absolute Gasteiger partial charge is 0.191 e. The van der Waals surface area contributed by atoms with Crippen LogP contribution in [0, 0.1) is 6.92 Å². The summed E-state index contributed by atoms with van der Waals surface area (Å²) in [4.78, 5) is 4.31. The van der Waals surface area contributed by atoms with E-state index in [-0.39, 0.29) is 0 Å². The van der Waals surface area contributed by atoms with Crippen molar-refractivity contribution >= 4 is 5.96 Å². The van der Waals surface area contributed by atoms with E-state index in [0.29, 0.717) is 19.8 Å². The van der Waals surface area contributed by atoms with Crippen molar-refractivity contribution in [2.24, 2.45) is 12.0 Å². The van der Waals surface area contributed by atoms with Crippen LogP contribution in [0.15, 0.2) is 35.6 Å². The molecule has 0 aliphatic rings. The van der Waals surface area contributed by atoms with E-state index in [0.717, 1.165) is 43.1 Å². The lowest BCUT2D eigenvalue weighted by atomic mass is 10.1. The zero-order valence-corrected chi connectivity index (χ0v) is 17.5. The highest BCUT2D eigenvalue weighted by molar-refractivity contribution is 5.79. The Bertz CT molecular complexity index is 742. The molecule has 0 fully saturated rings. The fourth-order valence-corrected chi connectivity index (χ4v) is 2.83. The van der Waals surface area contributed by atoms with Crippen molar-refractivity contribution in [2.45, 2.75) is 32.7 Å². The van der Waals surface area contributed by atoms with Gasteiger partial charge in [0.25, 0.3) is 0 Å². The van der Waals surface area contributed by atoms with Gasteiger partial charge in [0, 0.05) is 59.1 Å². The molecular formula is C21H33N5O2. The van der Waals surface area contributed by atoms with Crippen LogP contribution in [0.5, 0.6) is 5.75 Å². The van der Waals surface area contributed by atoms with E-state index >= 15 is 0 Å². The summed E-state index contributed by atoms with van der Waals surface area (Å²) in [6, 6.07) is 6.28. The van der Waals surface area contributed by atoms with Crippen LogP contribution < -0.4 is 15.4 Å². The van der Waals surface area contributed by atoms with Crippen LogP contribution in [0.3, 0.4) is 0 Å². The molecule has 1 aromatic carbocycles. The standard InChI is InChI=1S/C21H33N5O2/c1-17-8-9-19(20(13-17)28-12-6-11-27-4)15-24-21(22-2)23-10-5-7-18-14-25-26(3)16-18/h8-9,13-14,16H,5-7,10-12,15H2,1-4H3,(H2,22,23,24). The molecule has 0 atom stereocenters. The minimum Gasteiger partial charge on any atom is -0.493 e. The Labute approximate surface area is 168 Å². The normalized spacial score (nSPS) is 11.5. The predicted octanol–water partition coefficient (Wildman–Crippen LogP) is 2.44. The van der Waals surface area contributed by atoms with E-state index in [4.69, 9.17) is 9.47 Å². The molecular weight excluding hydrogens is 354 g/mol. The SMILES string of the molecule is CN=C(NCCCc1cnn(C)c1)NCc1ccc(C)cc1OCCCOC. The first-order chi connectivity index (χ1) is 13.6. The highest BCUT2D eigenvalue weighted by Gasteiger charge is 2.06. The van der Waals surface area contributed by atoms with E-state index < -0.39 is 0 Å². The Morgan fingerprint density at radius 2 is 2.07 bits per heavy atom. The van der Waals surface area contributed by atoms with Crippen molar-refractivity contribution in [1.82, 2.24) is 20.4 Å². The summed E-state index contributed by atoms with van der Waals surface area (Å²) in [5.74, 6) is 1.70. The summed E-state index contributed by atoms with van der Waals surface area (Å²) in [5.41, 5.74) is 3.55. The van der Waals surface area contributed by atoms with E-state index in [2.05, 4.69) is 52.0 Å². The molecule has 1 heterocycles. The van der Waals surface area contributed by atoms with Crippen LogP contribution in [0.1, 0.15) is 29.5 Å². The van der Waals surface area contributed by atoms with Gasteiger partial charge in [0.05, 0.1) is 12.8 Å². The summed E-state index contributed by atoms with van der Waals surface area (Å²) in [6.07, 6.45) is 6.86. The third-order valence-corrected chi connectivity index (χ3v) is 4.34. The second-order valence-corrected chi connectivity index (χ2v) is 6.78. The van der Waals surface area contributed by atoms with Crippen molar-refractivity contribution in [2.75, 3.05) is 33.9 Å². The van der Waals surface area contributed by atoms with Gasteiger partial charge in [-0.2, -0.15) is 5.10 Å². The number of methoxy groups -OCH3 is 1. The first-order valence-corrected chi connectivity index (χ1v) is 9.75. The topological polar surface area (TPSA) is 72.7 Å². The molecule has 1 aromatic heterocycles. The molecule has 2 rings (SSSR count). The molecule has 154 valence electrons. The Hall–Kier alpha value is -2.54. The van der Waals surface area contributed by atoms with Crippen molar-refractivity contribution < 1.29 is 9.47 Å². The number of rotatable bonds is 11. The Balaban J connectivity index is 1.78. The number of nitrogens with one attached hydrogen (secondary N) is 2. The van der Waals surface area contributed by atoms with Gasteiger partial charge in [-0.1, -0.05) is 12.1 Å². The molecule has 0 unspecified atom stereocenters. The molecule has 28 heavy (non-hydrogen) atoms. The lowest BCUT2D eigenvalue weighted by Gasteiger charge is -2.15. The van der Waals surface area contributed by atoms with Gasteiger partial charge < -0.3 is 20.1 Å². The Morgan fingerprint density at radius 3 is 2.79 bits per heavy atom. The lowest BCUT2D eigenvalue weighted by molar-refractivity contribution is 0.172. The number of ether oxygens (including phenoxy) is 2. The summed E-state index contributed by atoms with van der Waals surface area (Å²) >= 11 is 0. The van der Waals surface area contributed by atoms with Gasteiger partial charge in [0.2, 0.25) is 0 Å². The molecule has 2 aromatic rings. The third-order valence-electron chi connectivity index (χ3n) is 4.34. The highest BCUT2D eigenvalue weighted by atomic mass is 16.5. The van der Waals surface area contributed by atoms with Crippen LogP contribution in [0.2, 0.25) is 0 Å². The van der Waals surface area contributed by atoms with Gasteiger partial charge in [-0.25, -0.2) is 0 Å². The molecule has 0 spiro atoms. The summed E-state index contributed by atoms with van der Waals surface area (Å²) < 4.78 is 12.9. The Morgan fingerprint density at radius 1 is 1.21 bits per heavy atom. The number of aryl methyl sites for hydroxylation is 3. The molecule has 0 aliphatic heterocycles. The van der Waals surface area contributed by atoms with E-state index in [1.807, 2.05) is 17.9 Å². The fourth-order valence-electron chi connectivity index (χ4n) is 2.83. The first kappa shape index (κ1) is 21.8. The molecule has 0 amide bonds. The molecule has 0 aliphatic carbocycles. The van der Waals surface area contributed by atoms with Crippen molar-refractivity contribution in [3.63, 3.8) is 0 Å². The molecule has 7 heteroatoms. The van der Waals surface area contributed by atoms with Gasteiger partial charge in [-0.05, 0) is 37.0 Å². The van der Waals surface area contributed by atoms with Crippen molar-refractivity contribution in [3.8, 4) is 5.75 Å². The highest BCUT2D eigenvalue weighted by Crippen LogP contribution is 2.20. The minimum atomic E-state index is 0.644. The molecule has 0 saturated heterocycles. The number of aromatic nitrogens is 2. The zero-order valence-electron chi connectivity index (χ0n) is 17.5. The van der Waals surface area contributed by atoms with Crippen LogP contribution in [-0.4, -0.2) is 49.7 Å². The average molecular weight is 388 g/mol. The maximum atomic E-state index is 5.95. The third kappa shape index (κ3) is 7.60. The van der Waals surface area contributed by atoms with Crippen molar-refractivity contribution in [3.05, 3.63) is 47.3 Å². The summed E-state index contributed by atoms with van der Waals surface area (Å²) in [7, 11) is 5.43. The van der Waals surface area contributed by atoms with Gasteiger partial charge in [-0.15, -0.1) is 0 Å². The average Bonchev–Trinajstić information content (AvgIpc) is 3.11. The minimum absolute atomic E-state index is 0.644. The number of hydrogen-bond acceptors (Lipinski definition) is 4. The Kier molecular flexibility index (Phi) is 9.34. The number of hydrogen-bond donors (Lipinski definition) is 2. The number of aliphatic imine (C=N–C) groups is 1.